The van der Waals surface area contributed by atoms with Crippen LogP contribution in [0.3, 0.4) is 0 Å². The first-order valence-electron chi connectivity index (χ1n) is 4.18. The van der Waals surface area contributed by atoms with E-state index in [1.165, 1.54) is 0 Å². The van der Waals surface area contributed by atoms with Crippen molar-refractivity contribution >= 4 is 22.5 Å². The molecule has 0 radical (unpaired) electrons. The van der Waals surface area contributed by atoms with Crippen molar-refractivity contribution in [3.63, 3.8) is 0 Å². The van der Waals surface area contributed by atoms with Gasteiger partial charge in [-0.2, -0.15) is 18.4 Å². The predicted molar refractivity (Wildman–Crippen MR) is 53.0 cm³/mol. The van der Waals surface area contributed by atoms with Crippen LogP contribution in [-0.2, 0) is 6.18 Å². The van der Waals surface area contributed by atoms with Crippen LogP contribution in [0.4, 0.5) is 18.9 Å². The molecule has 1 rings (SSSR count). The number of nitro benzene ring substituents is 1. The van der Waals surface area contributed by atoms with E-state index in [1.807, 2.05) is 0 Å². The highest BCUT2D eigenvalue weighted by Gasteiger charge is 2.38. The first-order chi connectivity index (χ1) is 8.18. The molecule has 0 aliphatic rings. The standard InChI is InChI=1S/C9H2ClF3N2O3/c10-8(16)4-1-6(9(11,12)13)5(3-14)7(2-4)15(17)18/h1-2H. The lowest BCUT2D eigenvalue weighted by molar-refractivity contribution is -0.385. The summed E-state index contributed by atoms with van der Waals surface area (Å²) in [6.07, 6.45) is -5.00. The third kappa shape index (κ3) is 2.57. The quantitative estimate of drug-likeness (QED) is 0.473. The molecule has 94 valence electrons. The van der Waals surface area contributed by atoms with Gasteiger partial charge in [0.2, 0.25) is 0 Å². The Bertz CT molecular complexity index is 578. The summed E-state index contributed by atoms with van der Waals surface area (Å²) in [5, 5.41) is 17.9. The highest BCUT2D eigenvalue weighted by atomic mass is 35.5. The number of benzene rings is 1. The lowest BCUT2D eigenvalue weighted by Gasteiger charge is -2.09. The Kier molecular flexibility index (Phi) is 3.57. The Morgan fingerprint density at radius 3 is 2.33 bits per heavy atom. The molecule has 0 spiro atoms. The number of carbonyl (C=O) groups excluding carboxylic acids is 1. The number of halogens is 4. The Morgan fingerprint density at radius 2 is 2.00 bits per heavy atom. The molecule has 9 heteroatoms. The van der Waals surface area contributed by atoms with Crippen molar-refractivity contribution in [1.29, 1.82) is 5.26 Å². The summed E-state index contributed by atoms with van der Waals surface area (Å²) in [6.45, 7) is 0. The van der Waals surface area contributed by atoms with Gasteiger partial charge in [-0.25, -0.2) is 0 Å². The third-order valence-electron chi connectivity index (χ3n) is 1.96. The Balaban J connectivity index is 3.74. The van der Waals surface area contributed by atoms with E-state index >= 15 is 0 Å². The van der Waals surface area contributed by atoms with Crippen LogP contribution in [0.15, 0.2) is 12.1 Å². The second-order valence-electron chi connectivity index (χ2n) is 3.06. The summed E-state index contributed by atoms with van der Waals surface area (Å²) in [4.78, 5) is 20.2. The first kappa shape index (κ1) is 13.9. The number of hydrogen-bond acceptors (Lipinski definition) is 4. The fourth-order valence-corrected chi connectivity index (χ4v) is 1.33. The molecule has 0 aliphatic carbocycles. The highest BCUT2D eigenvalue weighted by molar-refractivity contribution is 6.67. The molecular formula is C9H2ClF3N2O3. The summed E-state index contributed by atoms with van der Waals surface area (Å²) in [5.41, 5.74) is -4.54. The van der Waals surface area contributed by atoms with Crippen LogP contribution in [0.2, 0.25) is 0 Å². The molecular weight excluding hydrogens is 277 g/mol. The summed E-state index contributed by atoms with van der Waals surface area (Å²) < 4.78 is 37.8. The van der Waals surface area contributed by atoms with Crippen molar-refractivity contribution in [1.82, 2.24) is 0 Å². The van der Waals surface area contributed by atoms with E-state index in [1.54, 1.807) is 0 Å². The molecule has 0 heterocycles. The van der Waals surface area contributed by atoms with Crippen molar-refractivity contribution in [2.45, 2.75) is 6.18 Å². The van der Waals surface area contributed by atoms with Gasteiger partial charge in [-0.1, -0.05) is 0 Å². The summed E-state index contributed by atoms with van der Waals surface area (Å²) in [7, 11) is 0. The summed E-state index contributed by atoms with van der Waals surface area (Å²) in [5.74, 6) is 0. The molecule has 0 bridgehead atoms. The van der Waals surface area contributed by atoms with Gasteiger partial charge in [0.05, 0.1) is 10.5 Å². The molecule has 0 fully saturated rings. The molecule has 0 aromatic heterocycles. The molecule has 0 atom stereocenters. The van der Waals surface area contributed by atoms with Gasteiger partial charge in [-0.3, -0.25) is 14.9 Å². The van der Waals surface area contributed by atoms with Gasteiger partial charge in [-0.15, -0.1) is 0 Å². The average molecular weight is 279 g/mol. The van der Waals surface area contributed by atoms with E-state index in [-0.39, 0.29) is 0 Å². The highest BCUT2D eigenvalue weighted by Crippen LogP contribution is 2.36. The van der Waals surface area contributed by atoms with Crippen LogP contribution < -0.4 is 0 Å². The maximum absolute atomic E-state index is 12.6. The van der Waals surface area contributed by atoms with Crippen molar-refractivity contribution < 1.29 is 22.9 Å². The molecule has 0 aliphatic heterocycles. The smallest absolute Gasteiger partial charge is 0.276 e. The zero-order valence-corrected chi connectivity index (χ0v) is 9.04. The second-order valence-corrected chi connectivity index (χ2v) is 3.40. The molecule has 0 unspecified atom stereocenters. The number of nitrogens with zero attached hydrogens (tertiary/aromatic N) is 2. The van der Waals surface area contributed by atoms with Crippen LogP contribution in [0, 0.1) is 21.4 Å². The van der Waals surface area contributed by atoms with Crippen LogP contribution in [0.5, 0.6) is 0 Å². The first-order valence-corrected chi connectivity index (χ1v) is 4.56. The summed E-state index contributed by atoms with van der Waals surface area (Å²) >= 11 is 4.99. The molecule has 0 N–H and O–H groups in total. The monoisotopic (exact) mass is 278 g/mol. The fraction of sp³-hybridized carbons (Fsp3) is 0.111. The molecule has 18 heavy (non-hydrogen) atoms. The minimum absolute atomic E-state index is 0.306. The zero-order chi connectivity index (χ0) is 14.1. The Hall–Kier alpha value is -2.14. The largest absolute Gasteiger partial charge is 0.417 e. The fourth-order valence-electron chi connectivity index (χ4n) is 1.23. The van der Waals surface area contributed by atoms with Crippen LogP contribution in [-0.4, -0.2) is 10.2 Å². The van der Waals surface area contributed by atoms with Gasteiger partial charge < -0.3 is 0 Å². The van der Waals surface area contributed by atoms with Gasteiger partial charge in [0.25, 0.3) is 10.9 Å². The molecule has 1 aromatic carbocycles. The number of rotatable bonds is 2. The molecule has 5 nitrogen and oxygen atoms in total. The molecule has 1 aromatic rings. The second kappa shape index (κ2) is 4.62. The number of nitro groups is 1. The minimum Gasteiger partial charge on any atom is -0.276 e. The van der Waals surface area contributed by atoms with Crippen molar-refractivity contribution in [2.75, 3.05) is 0 Å². The lowest BCUT2D eigenvalue weighted by Crippen LogP contribution is -2.11. The van der Waals surface area contributed by atoms with E-state index in [0.717, 1.165) is 6.07 Å². The number of carbonyl (C=O) groups is 1. The molecule has 0 saturated heterocycles. The maximum Gasteiger partial charge on any atom is 0.417 e. The van der Waals surface area contributed by atoms with Crippen molar-refractivity contribution in [2.24, 2.45) is 0 Å². The summed E-state index contributed by atoms with van der Waals surface area (Å²) in [6, 6.07) is 1.94. The van der Waals surface area contributed by atoms with Gasteiger partial charge in [-0.05, 0) is 17.7 Å². The Morgan fingerprint density at radius 1 is 1.44 bits per heavy atom. The normalized spacial score (nSPS) is 10.8. The van der Waals surface area contributed by atoms with Gasteiger partial charge in [0.15, 0.2) is 0 Å². The maximum atomic E-state index is 12.6. The SMILES string of the molecule is N#Cc1c([N+](=O)[O-])cc(C(=O)Cl)cc1C(F)(F)F. The van der Waals surface area contributed by atoms with Crippen LogP contribution in [0.1, 0.15) is 21.5 Å². The number of alkyl halides is 3. The van der Waals surface area contributed by atoms with Gasteiger partial charge in [0, 0.05) is 11.6 Å². The van der Waals surface area contributed by atoms with E-state index in [4.69, 9.17) is 16.9 Å². The molecule has 0 saturated carbocycles. The van der Waals surface area contributed by atoms with E-state index in [9.17, 15) is 28.1 Å². The minimum atomic E-state index is -5.00. The predicted octanol–water partition coefficient (Wildman–Crippen LogP) is 2.86. The van der Waals surface area contributed by atoms with E-state index < -0.39 is 38.7 Å². The lowest BCUT2D eigenvalue weighted by atomic mass is 10.0. The van der Waals surface area contributed by atoms with E-state index in [0.29, 0.717) is 12.1 Å². The van der Waals surface area contributed by atoms with Crippen molar-refractivity contribution in [3.05, 3.63) is 38.9 Å². The van der Waals surface area contributed by atoms with Crippen LogP contribution >= 0.6 is 11.6 Å². The average Bonchev–Trinajstić information content (AvgIpc) is 2.25. The van der Waals surface area contributed by atoms with Gasteiger partial charge in [0.1, 0.15) is 11.6 Å². The Labute approximate surface area is 103 Å². The van der Waals surface area contributed by atoms with Crippen LogP contribution in [0.25, 0.3) is 0 Å². The van der Waals surface area contributed by atoms with E-state index in [2.05, 4.69) is 0 Å². The molecule has 0 amide bonds. The van der Waals surface area contributed by atoms with Gasteiger partial charge >= 0.3 is 6.18 Å². The van der Waals surface area contributed by atoms with Crippen molar-refractivity contribution in [3.8, 4) is 6.07 Å². The number of hydrogen-bond donors (Lipinski definition) is 0. The number of nitriles is 1. The zero-order valence-electron chi connectivity index (χ0n) is 8.29. The topological polar surface area (TPSA) is 84.0 Å². The third-order valence-corrected chi connectivity index (χ3v) is 2.18.